The van der Waals surface area contributed by atoms with Gasteiger partial charge in [-0.15, -0.1) is 11.8 Å². The van der Waals surface area contributed by atoms with Crippen LogP contribution < -0.4 is 0 Å². The van der Waals surface area contributed by atoms with Gasteiger partial charge in [-0.3, -0.25) is 9.59 Å². The SMILES string of the molecule is CCC1CCCN(C(=O)c2ccccc2SC(C)C(=O)O)C1. The van der Waals surface area contributed by atoms with Crippen LogP contribution in [0.4, 0.5) is 0 Å². The average molecular weight is 321 g/mol. The van der Waals surface area contributed by atoms with Gasteiger partial charge in [-0.05, 0) is 37.8 Å². The largest absolute Gasteiger partial charge is 0.480 e. The first-order valence-corrected chi connectivity index (χ1v) is 8.68. The van der Waals surface area contributed by atoms with E-state index in [1.165, 1.54) is 18.2 Å². The van der Waals surface area contributed by atoms with Crippen molar-refractivity contribution in [3.05, 3.63) is 29.8 Å². The number of carboxylic acid groups (broad SMARTS) is 1. The Hall–Kier alpha value is -1.49. The normalized spacial score (nSPS) is 19.7. The van der Waals surface area contributed by atoms with E-state index in [4.69, 9.17) is 5.11 Å². The third kappa shape index (κ3) is 4.03. The molecule has 5 heteroatoms. The van der Waals surface area contributed by atoms with Gasteiger partial charge in [-0.1, -0.05) is 25.5 Å². The van der Waals surface area contributed by atoms with E-state index < -0.39 is 11.2 Å². The van der Waals surface area contributed by atoms with E-state index in [1.807, 2.05) is 23.1 Å². The van der Waals surface area contributed by atoms with Gasteiger partial charge >= 0.3 is 5.97 Å². The zero-order valence-corrected chi connectivity index (χ0v) is 13.9. The fraction of sp³-hybridized carbons (Fsp3) is 0.529. The quantitative estimate of drug-likeness (QED) is 0.843. The third-order valence-electron chi connectivity index (χ3n) is 4.15. The fourth-order valence-electron chi connectivity index (χ4n) is 2.74. The Morgan fingerprint density at radius 2 is 2.14 bits per heavy atom. The molecule has 2 unspecified atom stereocenters. The monoisotopic (exact) mass is 321 g/mol. The summed E-state index contributed by atoms with van der Waals surface area (Å²) in [6, 6.07) is 7.32. The summed E-state index contributed by atoms with van der Waals surface area (Å²) in [4.78, 5) is 26.5. The van der Waals surface area contributed by atoms with Gasteiger partial charge in [0.05, 0.1) is 5.56 Å². The van der Waals surface area contributed by atoms with Gasteiger partial charge < -0.3 is 10.0 Å². The minimum atomic E-state index is -0.865. The Labute approximate surface area is 135 Å². The molecule has 1 aromatic rings. The minimum absolute atomic E-state index is 0.0267. The highest BCUT2D eigenvalue weighted by Crippen LogP contribution is 2.29. The molecule has 1 fully saturated rings. The number of piperidine rings is 1. The Morgan fingerprint density at radius 1 is 1.41 bits per heavy atom. The molecule has 2 rings (SSSR count). The average Bonchev–Trinajstić information content (AvgIpc) is 2.54. The summed E-state index contributed by atoms with van der Waals surface area (Å²) in [5, 5.41) is 8.50. The molecule has 0 bridgehead atoms. The van der Waals surface area contributed by atoms with E-state index >= 15 is 0 Å². The van der Waals surface area contributed by atoms with Crippen LogP contribution in [0.15, 0.2) is 29.2 Å². The second kappa shape index (κ2) is 7.68. The number of aliphatic carboxylic acids is 1. The molecule has 1 saturated heterocycles. The topological polar surface area (TPSA) is 57.6 Å². The van der Waals surface area contributed by atoms with Gasteiger partial charge in [0.25, 0.3) is 5.91 Å². The molecule has 1 heterocycles. The lowest BCUT2D eigenvalue weighted by Crippen LogP contribution is -2.40. The molecule has 2 atom stereocenters. The maximum atomic E-state index is 12.8. The zero-order chi connectivity index (χ0) is 16.1. The minimum Gasteiger partial charge on any atom is -0.480 e. The molecule has 1 aliphatic heterocycles. The highest BCUT2D eigenvalue weighted by atomic mass is 32.2. The highest BCUT2D eigenvalue weighted by Gasteiger charge is 2.25. The van der Waals surface area contributed by atoms with Crippen molar-refractivity contribution in [2.45, 2.75) is 43.3 Å². The van der Waals surface area contributed by atoms with Gasteiger partial charge in [0.2, 0.25) is 0 Å². The Morgan fingerprint density at radius 3 is 2.82 bits per heavy atom. The van der Waals surface area contributed by atoms with Crippen LogP contribution in [0, 0.1) is 5.92 Å². The van der Waals surface area contributed by atoms with Gasteiger partial charge in [0.15, 0.2) is 0 Å². The van der Waals surface area contributed by atoms with E-state index in [2.05, 4.69) is 6.92 Å². The van der Waals surface area contributed by atoms with Crippen LogP contribution in [0.25, 0.3) is 0 Å². The number of hydrogen-bond acceptors (Lipinski definition) is 3. The van der Waals surface area contributed by atoms with Gasteiger partial charge in [-0.2, -0.15) is 0 Å². The van der Waals surface area contributed by atoms with Crippen molar-refractivity contribution >= 4 is 23.6 Å². The van der Waals surface area contributed by atoms with Crippen molar-refractivity contribution in [2.75, 3.05) is 13.1 Å². The number of nitrogens with zero attached hydrogens (tertiary/aromatic N) is 1. The molecule has 1 amide bonds. The fourth-order valence-corrected chi connectivity index (χ4v) is 3.66. The van der Waals surface area contributed by atoms with Crippen molar-refractivity contribution in [2.24, 2.45) is 5.92 Å². The van der Waals surface area contributed by atoms with Crippen LogP contribution in [0.2, 0.25) is 0 Å². The molecule has 0 radical (unpaired) electrons. The maximum Gasteiger partial charge on any atom is 0.316 e. The molecular formula is C17H23NO3S. The van der Waals surface area contributed by atoms with E-state index in [0.717, 1.165) is 30.8 Å². The highest BCUT2D eigenvalue weighted by molar-refractivity contribution is 8.00. The predicted octanol–water partition coefficient (Wildman–Crippen LogP) is 3.51. The summed E-state index contributed by atoms with van der Waals surface area (Å²) in [6.07, 6.45) is 3.33. The maximum absolute atomic E-state index is 12.8. The van der Waals surface area contributed by atoms with Crippen LogP contribution in [-0.2, 0) is 4.79 Å². The lowest BCUT2D eigenvalue weighted by molar-refractivity contribution is -0.136. The summed E-state index contributed by atoms with van der Waals surface area (Å²) in [5.74, 6) is -0.259. The first-order chi connectivity index (χ1) is 10.5. The smallest absolute Gasteiger partial charge is 0.316 e. The number of amides is 1. The van der Waals surface area contributed by atoms with Gasteiger partial charge in [0.1, 0.15) is 5.25 Å². The second-order valence-corrected chi connectivity index (χ2v) is 7.14. The lowest BCUT2D eigenvalue weighted by Gasteiger charge is -2.32. The van der Waals surface area contributed by atoms with E-state index in [1.54, 1.807) is 13.0 Å². The molecule has 0 aromatic heterocycles. The molecule has 22 heavy (non-hydrogen) atoms. The molecule has 0 saturated carbocycles. The van der Waals surface area contributed by atoms with Crippen LogP contribution in [-0.4, -0.2) is 40.2 Å². The van der Waals surface area contributed by atoms with Crippen molar-refractivity contribution < 1.29 is 14.7 Å². The first kappa shape index (κ1) is 16.9. The number of carboxylic acids is 1. The number of benzene rings is 1. The number of thioether (sulfide) groups is 1. The molecule has 0 aliphatic carbocycles. The molecule has 4 nitrogen and oxygen atoms in total. The number of carbonyl (C=O) groups excluding carboxylic acids is 1. The molecular weight excluding hydrogens is 298 g/mol. The summed E-state index contributed by atoms with van der Waals surface area (Å²) < 4.78 is 0. The van der Waals surface area contributed by atoms with Crippen LogP contribution >= 0.6 is 11.8 Å². The predicted molar refractivity (Wildman–Crippen MR) is 88.3 cm³/mol. The Bertz CT molecular complexity index is 546. The van der Waals surface area contributed by atoms with E-state index in [9.17, 15) is 9.59 Å². The van der Waals surface area contributed by atoms with Crippen LogP contribution in [0.3, 0.4) is 0 Å². The number of hydrogen-bond donors (Lipinski definition) is 1. The number of rotatable bonds is 5. The van der Waals surface area contributed by atoms with Crippen LogP contribution in [0.5, 0.6) is 0 Å². The second-order valence-electron chi connectivity index (χ2n) is 5.76. The summed E-state index contributed by atoms with van der Waals surface area (Å²) in [7, 11) is 0. The molecule has 0 spiro atoms. The number of likely N-dealkylation sites (tertiary alicyclic amines) is 1. The Kier molecular flexibility index (Phi) is 5.89. The van der Waals surface area contributed by atoms with Crippen LogP contribution in [0.1, 0.15) is 43.5 Å². The molecule has 1 aromatic carbocycles. The molecule has 1 aliphatic rings. The first-order valence-electron chi connectivity index (χ1n) is 7.80. The Balaban J connectivity index is 2.17. The van der Waals surface area contributed by atoms with Gasteiger partial charge in [-0.25, -0.2) is 0 Å². The summed E-state index contributed by atoms with van der Waals surface area (Å²) in [6.45, 7) is 5.41. The van der Waals surface area contributed by atoms with E-state index in [0.29, 0.717) is 11.5 Å². The summed E-state index contributed by atoms with van der Waals surface area (Å²) in [5.41, 5.74) is 0.623. The van der Waals surface area contributed by atoms with Gasteiger partial charge in [0, 0.05) is 18.0 Å². The molecule has 1 N–H and O–H groups in total. The van der Waals surface area contributed by atoms with Crippen molar-refractivity contribution in [3.63, 3.8) is 0 Å². The molecule has 120 valence electrons. The van der Waals surface area contributed by atoms with Crippen molar-refractivity contribution in [3.8, 4) is 0 Å². The number of carbonyl (C=O) groups is 2. The zero-order valence-electron chi connectivity index (χ0n) is 13.1. The summed E-state index contributed by atoms with van der Waals surface area (Å²) >= 11 is 1.23. The van der Waals surface area contributed by atoms with Crippen molar-refractivity contribution in [1.29, 1.82) is 0 Å². The van der Waals surface area contributed by atoms with E-state index in [-0.39, 0.29) is 5.91 Å². The lowest BCUT2D eigenvalue weighted by atomic mass is 9.95. The standard InChI is InChI=1S/C17H23NO3S/c1-3-13-7-6-10-18(11-13)16(19)14-8-4-5-9-15(14)22-12(2)17(20)21/h4-5,8-9,12-13H,3,6-7,10-11H2,1-2H3,(H,20,21). The van der Waals surface area contributed by atoms with Crippen molar-refractivity contribution in [1.82, 2.24) is 4.90 Å². The third-order valence-corrected chi connectivity index (χ3v) is 5.32.